The van der Waals surface area contributed by atoms with E-state index in [1.807, 2.05) is 31.2 Å². The molecule has 0 aromatic heterocycles. The molecule has 1 aromatic carbocycles. The van der Waals surface area contributed by atoms with E-state index < -0.39 is 9.05 Å². The molecule has 0 aliphatic rings. The molecule has 1 rings (SSSR count). The van der Waals surface area contributed by atoms with Crippen LogP contribution >= 0.6 is 10.7 Å². The van der Waals surface area contributed by atoms with Crippen LogP contribution in [0.3, 0.4) is 0 Å². The number of hydrogen-bond acceptors (Lipinski definition) is 3. The third kappa shape index (κ3) is 5.24. The Morgan fingerprint density at radius 3 is 2.71 bits per heavy atom. The van der Waals surface area contributed by atoms with E-state index in [4.69, 9.17) is 15.4 Å². The molecule has 0 unspecified atom stereocenters. The van der Waals surface area contributed by atoms with Crippen LogP contribution in [0.15, 0.2) is 24.3 Å². The molecule has 5 heteroatoms. The second kappa shape index (κ2) is 6.07. The average Bonchev–Trinajstić information content (AvgIpc) is 2.23. The molecule has 0 aliphatic heterocycles. The van der Waals surface area contributed by atoms with Crippen molar-refractivity contribution in [3.8, 4) is 5.75 Å². The van der Waals surface area contributed by atoms with E-state index in [0.29, 0.717) is 6.42 Å². The highest BCUT2D eigenvalue weighted by molar-refractivity contribution is 8.13. The van der Waals surface area contributed by atoms with Crippen molar-refractivity contribution < 1.29 is 13.2 Å². The molecule has 3 nitrogen and oxygen atoms in total. The highest BCUT2D eigenvalue weighted by Gasteiger charge is 2.02. The zero-order valence-corrected chi connectivity index (χ0v) is 11.4. The van der Waals surface area contributed by atoms with Gasteiger partial charge in [-0.05, 0) is 25.5 Å². The van der Waals surface area contributed by atoms with Crippen LogP contribution in [-0.4, -0.2) is 21.3 Å². The van der Waals surface area contributed by atoms with Crippen LogP contribution in [0.25, 0.3) is 6.08 Å². The number of halogens is 1. The number of aryl methyl sites for hydroxylation is 1. The van der Waals surface area contributed by atoms with Crippen LogP contribution in [0, 0.1) is 6.92 Å². The van der Waals surface area contributed by atoms with Gasteiger partial charge in [-0.2, -0.15) is 0 Å². The monoisotopic (exact) mass is 274 g/mol. The van der Waals surface area contributed by atoms with Gasteiger partial charge in [0.1, 0.15) is 5.75 Å². The minimum Gasteiger partial charge on any atom is -0.496 e. The number of rotatable bonds is 5. The summed E-state index contributed by atoms with van der Waals surface area (Å²) in [5.74, 6) is 0.708. The van der Waals surface area contributed by atoms with Gasteiger partial charge in [0.15, 0.2) is 0 Å². The summed E-state index contributed by atoms with van der Waals surface area (Å²) in [6.45, 7) is 1.99. The van der Waals surface area contributed by atoms with Crippen LogP contribution in [0.1, 0.15) is 17.5 Å². The van der Waals surface area contributed by atoms with E-state index in [1.54, 1.807) is 13.2 Å². The van der Waals surface area contributed by atoms with Gasteiger partial charge in [-0.15, -0.1) is 0 Å². The van der Waals surface area contributed by atoms with Gasteiger partial charge in [-0.3, -0.25) is 0 Å². The van der Waals surface area contributed by atoms with E-state index in [0.717, 1.165) is 16.9 Å². The van der Waals surface area contributed by atoms with Crippen molar-refractivity contribution in [2.24, 2.45) is 0 Å². The van der Waals surface area contributed by atoms with Gasteiger partial charge in [-0.25, -0.2) is 8.42 Å². The topological polar surface area (TPSA) is 43.4 Å². The van der Waals surface area contributed by atoms with Crippen molar-refractivity contribution in [3.63, 3.8) is 0 Å². The second-order valence-electron chi connectivity index (χ2n) is 3.68. The van der Waals surface area contributed by atoms with Gasteiger partial charge in [0, 0.05) is 16.2 Å². The third-order valence-electron chi connectivity index (χ3n) is 2.21. The molecule has 0 amide bonds. The van der Waals surface area contributed by atoms with Crippen LogP contribution in [-0.2, 0) is 9.05 Å². The fraction of sp³-hybridized carbons (Fsp3) is 0.333. The van der Waals surface area contributed by atoms with Crippen molar-refractivity contribution >= 4 is 25.8 Å². The Kier molecular flexibility index (Phi) is 5.02. The second-order valence-corrected chi connectivity index (χ2v) is 6.58. The molecular formula is C12H15ClO3S. The fourth-order valence-corrected chi connectivity index (χ4v) is 2.09. The molecule has 0 saturated carbocycles. The normalized spacial score (nSPS) is 11.9. The van der Waals surface area contributed by atoms with Gasteiger partial charge >= 0.3 is 0 Å². The lowest BCUT2D eigenvalue weighted by atomic mass is 10.1. The van der Waals surface area contributed by atoms with Crippen LogP contribution < -0.4 is 4.74 Å². The van der Waals surface area contributed by atoms with E-state index in [2.05, 4.69) is 0 Å². The van der Waals surface area contributed by atoms with Crippen LogP contribution in [0.2, 0.25) is 0 Å². The molecule has 0 saturated heterocycles. The van der Waals surface area contributed by atoms with Crippen molar-refractivity contribution in [1.29, 1.82) is 0 Å². The largest absolute Gasteiger partial charge is 0.496 e. The summed E-state index contributed by atoms with van der Waals surface area (Å²) in [6, 6.07) is 5.82. The first-order valence-electron chi connectivity index (χ1n) is 5.16. The molecule has 0 aliphatic carbocycles. The minimum atomic E-state index is -3.41. The number of benzene rings is 1. The summed E-state index contributed by atoms with van der Waals surface area (Å²) in [6.07, 6.45) is 4.01. The molecule has 94 valence electrons. The Bertz CT molecular complexity index is 506. The molecule has 0 bridgehead atoms. The molecule has 17 heavy (non-hydrogen) atoms. The Morgan fingerprint density at radius 2 is 2.12 bits per heavy atom. The number of ether oxygens (including phenoxy) is 1. The average molecular weight is 275 g/mol. The summed E-state index contributed by atoms with van der Waals surface area (Å²) in [7, 11) is 3.30. The van der Waals surface area contributed by atoms with E-state index in [9.17, 15) is 8.42 Å². The zero-order valence-electron chi connectivity index (χ0n) is 9.81. The van der Waals surface area contributed by atoms with Crippen LogP contribution in [0.5, 0.6) is 5.75 Å². The molecular weight excluding hydrogens is 260 g/mol. The number of methoxy groups -OCH3 is 1. The number of hydrogen-bond donors (Lipinski definition) is 0. The first-order valence-corrected chi connectivity index (χ1v) is 7.64. The predicted molar refractivity (Wildman–Crippen MR) is 71.0 cm³/mol. The van der Waals surface area contributed by atoms with Gasteiger partial charge < -0.3 is 4.74 Å². The summed E-state index contributed by atoms with van der Waals surface area (Å²) >= 11 is 0. The lowest BCUT2D eigenvalue weighted by molar-refractivity contribution is 0.413. The maximum atomic E-state index is 10.7. The van der Waals surface area contributed by atoms with Gasteiger partial charge in [-0.1, -0.05) is 23.8 Å². The Labute approximate surface area is 106 Å². The maximum Gasteiger partial charge on any atom is 0.232 e. The predicted octanol–water partition coefficient (Wildman–Crippen LogP) is 2.98. The smallest absolute Gasteiger partial charge is 0.232 e. The molecule has 0 atom stereocenters. The quantitative estimate of drug-likeness (QED) is 0.776. The van der Waals surface area contributed by atoms with Crippen molar-refractivity contribution in [3.05, 3.63) is 35.4 Å². The van der Waals surface area contributed by atoms with Crippen molar-refractivity contribution in [2.75, 3.05) is 12.9 Å². The molecule has 0 spiro atoms. The Morgan fingerprint density at radius 1 is 1.41 bits per heavy atom. The molecule has 0 fully saturated rings. The Balaban J connectivity index is 2.73. The zero-order chi connectivity index (χ0) is 12.9. The summed E-state index contributed by atoms with van der Waals surface area (Å²) < 4.78 is 26.7. The van der Waals surface area contributed by atoms with E-state index in [1.165, 1.54) is 0 Å². The van der Waals surface area contributed by atoms with Gasteiger partial charge in [0.05, 0.1) is 12.9 Å². The highest BCUT2D eigenvalue weighted by Crippen LogP contribution is 2.21. The fourth-order valence-electron chi connectivity index (χ4n) is 1.40. The van der Waals surface area contributed by atoms with Crippen LogP contribution in [0.4, 0.5) is 0 Å². The number of allylic oxidation sites excluding steroid dienone is 1. The van der Waals surface area contributed by atoms with Gasteiger partial charge in [0.2, 0.25) is 9.05 Å². The van der Waals surface area contributed by atoms with E-state index in [-0.39, 0.29) is 5.75 Å². The molecule has 0 heterocycles. The highest BCUT2D eigenvalue weighted by atomic mass is 35.7. The summed E-state index contributed by atoms with van der Waals surface area (Å²) in [5, 5.41) is 0. The molecule has 0 radical (unpaired) electrons. The maximum absolute atomic E-state index is 10.7. The summed E-state index contributed by atoms with van der Waals surface area (Å²) in [5.41, 5.74) is 2.05. The third-order valence-corrected chi connectivity index (χ3v) is 3.40. The van der Waals surface area contributed by atoms with E-state index >= 15 is 0 Å². The molecule has 1 aromatic rings. The summed E-state index contributed by atoms with van der Waals surface area (Å²) in [4.78, 5) is 0. The lowest BCUT2D eigenvalue weighted by Crippen LogP contribution is -1.94. The lowest BCUT2D eigenvalue weighted by Gasteiger charge is -2.05. The minimum absolute atomic E-state index is 0.0564. The first-order chi connectivity index (χ1) is 7.92. The standard InChI is InChI=1S/C12H15ClO3S/c1-10-6-7-12(16-2)11(9-10)5-3-4-8-17(13,14)15/h3,5-7,9H,4,8H2,1-2H3/b5-3+. The van der Waals surface area contributed by atoms with Crippen molar-refractivity contribution in [1.82, 2.24) is 0 Å². The molecule has 0 N–H and O–H groups in total. The first kappa shape index (κ1) is 14.1. The van der Waals surface area contributed by atoms with Gasteiger partial charge in [0.25, 0.3) is 0 Å². The van der Waals surface area contributed by atoms with Crippen molar-refractivity contribution in [2.45, 2.75) is 13.3 Å². The Hall–Kier alpha value is -1.00. The SMILES string of the molecule is COc1ccc(C)cc1/C=C/CCS(=O)(=O)Cl.